The van der Waals surface area contributed by atoms with Crippen molar-refractivity contribution >= 4 is 29.7 Å². The van der Waals surface area contributed by atoms with E-state index in [-0.39, 0.29) is 18.0 Å². The molecule has 1 atom stereocenters. The summed E-state index contributed by atoms with van der Waals surface area (Å²) in [5, 5.41) is 0. The number of aromatic nitrogens is 1. The van der Waals surface area contributed by atoms with Gasteiger partial charge in [-0.3, -0.25) is 0 Å². The highest BCUT2D eigenvalue weighted by atomic mass is 16.2. The summed E-state index contributed by atoms with van der Waals surface area (Å²) in [6.07, 6.45) is 8.97. The number of aliphatic imine (C=N–C) groups is 1. The minimum atomic E-state index is -0.451. The Morgan fingerprint density at radius 1 is 1.27 bits per heavy atom. The number of nitrogens with one attached hydrogen (secondary N) is 1. The third-order valence-corrected chi connectivity index (χ3v) is 4.94. The fraction of sp³-hybridized carbons (Fsp3) is 0.500. The van der Waals surface area contributed by atoms with Crippen LogP contribution < -0.4 is 0 Å². The number of carbonyl (C=O) groups excluding carboxylic acids is 2. The Morgan fingerprint density at radius 2 is 2.05 bits per heavy atom. The van der Waals surface area contributed by atoms with E-state index in [4.69, 9.17) is 0 Å². The van der Waals surface area contributed by atoms with Crippen molar-refractivity contribution in [3.05, 3.63) is 17.8 Å². The van der Waals surface area contributed by atoms with E-state index < -0.39 is 5.92 Å². The van der Waals surface area contributed by atoms with Crippen LogP contribution in [-0.4, -0.2) is 51.4 Å². The highest BCUT2D eigenvalue weighted by Gasteiger charge is 2.49. The Morgan fingerprint density at radius 3 is 2.82 bits per heavy atom. The maximum atomic E-state index is 12.8. The van der Waals surface area contributed by atoms with Gasteiger partial charge in [-0.05, 0) is 31.7 Å². The van der Waals surface area contributed by atoms with E-state index in [1.54, 1.807) is 13.3 Å². The van der Waals surface area contributed by atoms with Gasteiger partial charge in [-0.25, -0.2) is 9.79 Å². The van der Waals surface area contributed by atoms with Crippen LogP contribution in [-0.2, 0) is 4.79 Å². The average Bonchev–Trinajstić information content (AvgIpc) is 3.02. The monoisotopic (exact) mass is 299 g/mol. The smallest absolute Gasteiger partial charge is 0.346 e. The zero-order valence-electron chi connectivity index (χ0n) is 12.6. The lowest BCUT2D eigenvalue weighted by Crippen LogP contribution is -2.57. The molecule has 3 heterocycles. The van der Waals surface area contributed by atoms with Crippen LogP contribution in [0.5, 0.6) is 0 Å². The summed E-state index contributed by atoms with van der Waals surface area (Å²) in [5.74, 6) is 0.0906. The Kier molecular flexibility index (Phi) is 2.99. The number of carbonyl (C=O) groups is 2. The van der Waals surface area contributed by atoms with Crippen molar-refractivity contribution in [3.63, 3.8) is 0 Å². The van der Waals surface area contributed by atoms with Gasteiger partial charge < -0.3 is 4.98 Å². The van der Waals surface area contributed by atoms with Crippen molar-refractivity contribution in [2.75, 3.05) is 7.05 Å². The summed E-state index contributed by atoms with van der Waals surface area (Å²) in [5.41, 5.74) is 1.69. The molecule has 3 amide bonds. The van der Waals surface area contributed by atoms with Crippen molar-refractivity contribution < 1.29 is 14.2 Å². The number of aromatic amines is 1. The molecule has 0 radical (unpaired) electrons. The molecule has 0 spiro atoms. The molecule has 6 nitrogen and oxygen atoms in total. The minimum absolute atomic E-state index is 0.184. The lowest BCUT2D eigenvalue weighted by Gasteiger charge is -2.31. The summed E-state index contributed by atoms with van der Waals surface area (Å²) in [6, 6.07) is 1.89. The number of urea groups is 1. The lowest BCUT2D eigenvalue weighted by atomic mass is 9.89. The van der Waals surface area contributed by atoms with E-state index in [9.17, 15) is 9.59 Å². The quantitative estimate of drug-likeness (QED) is 0.807. The van der Waals surface area contributed by atoms with Crippen LogP contribution in [0.4, 0.5) is 10.6 Å². The zero-order chi connectivity index (χ0) is 15.3. The zero-order valence-corrected chi connectivity index (χ0v) is 12.6. The third-order valence-electron chi connectivity index (χ3n) is 4.94. The third kappa shape index (κ3) is 1.79. The number of fused-ring (bicyclic) bond motifs is 3. The second-order valence-corrected chi connectivity index (χ2v) is 6.22. The first-order valence-electron chi connectivity index (χ1n) is 7.88. The summed E-state index contributed by atoms with van der Waals surface area (Å²) in [4.78, 5) is 33.9. The first-order chi connectivity index (χ1) is 10.7. The van der Waals surface area contributed by atoms with Gasteiger partial charge in [0, 0.05) is 12.4 Å². The molecule has 1 N–H and O–H groups in total. The van der Waals surface area contributed by atoms with Crippen LogP contribution in [0.3, 0.4) is 0 Å². The van der Waals surface area contributed by atoms with Crippen LogP contribution in [0, 0.1) is 5.92 Å². The van der Waals surface area contributed by atoms with Gasteiger partial charge in [0.1, 0.15) is 17.6 Å². The minimum Gasteiger partial charge on any atom is -0.346 e. The van der Waals surface area contributed by atoms with Crippen LogP contribution in [0.2, 0.25) is 0 Å². The van der Waals surface area contributed by atoms with Gasteiger partial charge in [0.2, 0.25) is 0 Å². The van der Waals surface area contributed by atoms with Crippen molar-refractivity contribution in [1.82, 2.24) is 9.88 Å². The number of hydrogen-bond acceptors (Lipinski definition) is 3. The molecule has 1 fully saturated rings. The molecular weight excluding hydrogens is 280 g/mol. The molecule has 1 aromatic rings. The summed E-state index contributed by atoms with van der Waals surface area (Å²) < 4.78 is 1.86. The van der Waals surface area contributed by atoms with Gasteiger partial charge in [-0.15, -0.1) is 0 Å². The molecule has 0 saturated heterocycles. The van der Waals surface area contributed by atoms with E-state index in [0.29, 0.717) is 0 Å². The number of hydrogen-bond donors (Lipinski definition) is 1. The normalized spacial score (nSPS) is 25.5. The van der Waals surface area contributed by atoms with Gasteiger partial charge >= 0.3 is 11.9 Å². The molecule has 114 valence electrons. The van der Waals surface area contributed by atoms with E-state index in [2.05, 4.69) is 9.98 Å². The second kappa shape index (κ2) is 4.90. The topological polar surface area (TPSA) is 68.5 Å². The summed E-state index contributed by atoms with van der Waals surface area (Å²) in [7, 11) is 1.57. The number of H-pyrrole nitrogens is 1. The number of imide groups is 1. The molecule has 3 aliphatic rings. The van der Waals surface area contributed by atoms with Gasteiger partial charge in [0.15, 0.2) is 5.92 Å². The molecule has 1 aromatic heterocycles. The van der Waals surface area contributed by atoms with Crippen LogP contribution in [0.15, 0.2) is 17.3 Å². The molecule has 1 aliphatic carbocycles. The fourth-order valence-electron chi connectivity index (χ4n) is 3.78. The van der Waals surface area contributed by atoms with Crippen LogP contribution in [0.1, 0.15) is 37.7 Å². The number of amides is 3. The highest BCUT2D eigenvalue weighted by Crippen LogP contribution is 2.31. The molecule has 0 bridgehead atoms. The Balaban J connectivity index is 1.93. The molecule has 22 heavy (non-hydrogen) atoms. The Bertz CT molecular complexity index is 709. The molecule has 0 aromatic carbocycles. The first-order valence-corrected chi connectivity index (χ1v) is 7.88. The predicted octanol–water partition coefficient (Wildman–Crippen LogP) is 2.07. The van der Waals surface area contributed by atoms with Crippen molar-refractivity contribution in [1.29, 1.82) is 0 Å². The Labute approximate surface area is 128 Å². The maximum absolute atomic E-state index is 12.8. The summed E-state index contributed by atoms with van der Waals surface area (Å²) in [6.45, 7) is 0. The van der Waals surface area contributed by atoms with Gasteiger partial charge in [-0.1, -0.05) is 6.42 Å². The van der Waals surface area contributed by atoms with Crippen molar-refractivity contribution in [3.8, 4) is 0 Å². The molecule has 2 aliphatic heterocycles. The molecule has 1 saturated carbocycles. The van der Waals surface area contributed by atoms with E-state index in [1.807, 2.05) is 16.8 Å². The number of rotatable bonds is 1. The largest absolute Gasteiger partial charge is 0.500 e. The van der Waals surface area contributed by atoms with E-state index >= 15 is 0 Å². The molecule has 6 heteroatoms. The predicted molar refractivity (Wildman–Crippen MR) is 81.8 cm³/mol. The van der Waals surface area contributed by atoms with Gasteiger partial charge in [0.05, 0.1) is 12.6 Å². The van der Waals surface area contributed by atoms with E-state index in [1.165, 1.54) is 11.3 Å². The highest BCUT2D eigenvalue weighted by molar-refractivity contribution is 6.27. The fourth-order valence-corrected chi connectivity index (χ4v) is 3.78. The average molecular weight is 299 g/mol. The maximum Gasteiger partial charge on any atom is 0.500 e. The van der Waals surface area contributed by atoms with E-state index in [0.717, 1.165) is 42.8 Å². The second-order valence-electron chi connectivity index (χ2n) is 6.22. The Hall–Kier alpha value is -2.24. The van der Waals surface area contributed by atoms with Gasteiger partial charge in [-0.2, -0.15) is 14.3 Å². The van der Waals surface area contributed by atoms with Crippen LogP contribution >= 0.6 is 0 Å². The van der Waals surface area contributed by atoms with Crippen molar-refractivity contribution in [2.24, 2.45) is 10.9 Å². The lowest BCUT2D eigenvalue weighted by molar-refractivity contribution is -0.486. The standard InChI is InChI=1S/C16H18N4O2/c1-19-15(21)12-9-18-14-11(7-8-17-14)13(12)20(16(19)22)10-5-3-2-4-6-10/h7-10,12H,2-6H2,1H3/p+1. The molecular formula is C16H19N4O2+. The SMILES string of the molecule is CN1C(=O)C2C=Nc3[nH]ccc3C2=[N+](C2CCCCC2)C1=O. The molecule has 4 rings (SSSR count). The summed E-state index contributed by atoms with van der Waals surface area (Å²) >= 11 is 0. The molecule has 1 unspecified atom stereocenters. The first kappa shape index (κ1) is 13.4. The van der Waals surface area contributed by atoms with Crippen LogP contribution in [0.25, 0.3) is 0 Å². The number of nitrogens with zero attached hydrogens (tertiary/aromatic N) is 3. The van der Waals surface area contributed by atoms with Gasteiger partial charge in [0.25, 0.3) is 0 Å². The van der Waals surface area contributed by atoms with Crippen molar-refractivity contribution in [2.45, 2.75) is 38.1 Å².